The molecular weight excluding hydrogens is 438 g/mol. The average molecular weight is 464 g/mol. The third-order valence-corrected chi connectivity index (χ3v) is 6.14. The minimum absolute atomic E-state index is 0.0199. The predicted molar refractivity (Wildman–Crippen MR) is 137 cm³/mol. The largest absolute Gasteiger partial charge is 0.497 e. The van der Waals surface area contributed by atoms with Crippen LogP contribution < -0.4 is 15.0 Å². The Bertz CT molecular complexity index is 1390. The second-order valence-electron chi connectivity index (χ2n) is 8.37. The molecule has 2 heterocycles. The highest BCUT2D eigenvalue weighted by Gasteiger charge is 2.25. The standard InChI is InChI=1S/C29H25N3O3/c1-35-24-9-6-7-20(18-24)25-10-2-3-11-26(25)29(34)31-23-12-13-27-21(17-23)14-16-32(27)28(33)19-22-8-4-5-15-30-22/h2-13,15,17-18H,14,16,19H2,1H3,(H,31,34). The first-order valence-electron chi connectivity index (χ1n) is 11.5. The molecule has 1 aliphatic rings. The molecule has 1 aromatic heterocycles. The fourth-order valence-electron chi connectivity index (χ4n) is 4.41. The van der Waals surface area contributed by atoms with Gasteiger partial charge in [-0.25, -0.2) is 0 Å². The van der Waals surface area contributed by atoms with Crippen LogP contribution in [0, 0.1) is 0 Å². The van der Waals surface area contributed by atoms with E-state index in [2.05, 4.69) is 10.3 Å². The van der Waals surface area contributed by atoms with E-state index in [9.17, 15) is 9.59 Å². The number of hydrogen-bond donors (Lipinski definition) is 1. The zero-order chi connectivity index (χ0) is 24.2. The lowest BCUT2D eigenvalue weighted by molar-refractivity contribution is -0.117. The zero-order valence-corrected chi connectivity index (χ0v) is 19.4. The van der Waals surface area contributed by atoms with E-state index >= 15 is 0 Å². The number of nitrogens with zero attached hydrogens (tertiary/aromatic N) is 2. The van der Waals surface area contributed by atoms with E-state index in [4.69, 9.17) is 4.74 Å². The summed E-state index contributed by atoms with van der Waals surface area (Å²) in [6.07, 6.45) is 2.70. The van der Waals surface area contributed by atoms with Crippen molar-refractivity contribution >= 4 is 23.2 Å². The molecule has 0 fully saturated rings. The number of hydrogen-bond acceptors (Lipinski definition) is 4. The van der Waals surface area contributed by atoms with Gasteiger partial charge >= 0.3 is 0 Å². The van der Waals surface area contributed by atoms with Crippen molar-refractivity contribution in [3.63, 3.8) is 0 Å². The van der Waals surface area contributed by atoms with Crippen molar-refractivity contribution in [1.82, 2.24) is 4.98 Å². The third kappa shape index (κ3) is 4.77. The molecule has 6 nitrogen and oxygen atoms in total. The lowest BCUT2D eigenvalue weighted by Crippen LogP contribution is -2.30. The number of anilines is 2. The maximum absolute atomic E-state index is 13.2. The Hall–Kier alpha value is -4.45. The summed E-state index contributed by atoms with van der Waals surface area (Å²) < 4.78 is 5.34. The van der Waals surface area contributed by atoms with Gasteiger partial charge in [-0.2, -0.15) is 0 Å². The fourth-order valence-corrected chi connectivity index (χ4v) is 4.41. The van der Waals surface area contributed by atoms with Crippen molar-refractivity contribution in [2.75, 3.05) is 23.9 Å². The molecule has 174 valence electrons. The monoisotopic (exact) mass is 463 g/mol. The summed E-state index contributed by atoms with van der Waals surface area (Å²) in [5.74, 6) is 0.564. The topological polar surface area (TPSA) is 71.5 Å². The zero-order valence-electron chi connectivity index (χ0n) is 19.4. The number of carbonyl (C=O) groups is 2. The van der Waals surface area contributed by atoms with E-state index in [1.54, 1.807) is 18.2 Å². The Kier molecular flexibility index (Phi) is 6.26. The first kappa shape index (κ1) is 22.3. The van der Waals surface area contributed by atoms with E-state index < -0.39 is 0 Å². The van der Waals surface area contributed by atoms with Crippen molar-refractivity contribution in [2.24, 2.45) is 0 Å². The summed E-state index contributed by atoms with van der Waals surface area (Å²) in [6, 6.07) is 26.5. The van der Waals surface area contributed by atoms with Gasteiger partial charge in [0.1, 0.15) is 5.75 Å². The fraction of sp³-hybridized carbons (Fsp3) is 0.138. The van der Waals surface area contributed by atoms with Crippen molar-refractivity contribution in [3.8, 4) is 16.9 Å². The number of methoxy groups -OCH3 is 1. The van der Waals surface area contributed by atoms with Crippen LogP contribution >= 0.6 is 0 Å². The molecule has 5 rings (SSSR count). The van der Waals surface area contributed by atoms with Crippen LogP contribution in [0.2, 0.25) is 0 Å². The number of rotatable bonds is 6. The Morgan fingerprint density at radius 2 is 1.83 bits per heavy atom. The van der Waals surface area contributed by atoms with Crippen molar-refractivity contribution in [3.05, 3.63) is 108 Å². The van der Waals surface area contributed by atoms with Crippen LogP contribution in [0.5, 0.6) is 5.75 Å². The van der Waals surface area contributed by atoms with E-state index in [0.29, 0.717) is 17.8 Å². The van der Waals surface area contributed by atoms with Gasteiger partial charge in [0.15, 0.2) is 0 Å². The average Bonchev–Trinajstić information content (AvgIpc) is 3.33. The van der Waals surface area contributed by atoms with Gasteiger partial charge in [-0.05, 0) is 71.6 Å². The van der Waals surface area contributed by atoms with E-state index in [1.165, 1.54) is 0 Å². The summed E-state index contributed by atoms with van der Waals surface area (Å²) in [7, 11) is 1.62. The van der Waals surface area contributed by atoms with Crippen LogP contribution in [0.4, 0.5) is 11.4 Å². The molecule has 0 spiro atoms. The number of amides is 2. The number of pyridine rings is 1. The number of carbonyl (C=O) groups excluding carboxylic acids is 2. The summed E-state index contributed by atoms with van der Waals surface area (Å²) in [6.45, 7) is 0.622. The minimum Gasteiger partial charge on any atom is -0.497 e. The number of aromatic nitrogens is 1. The second kappa shape index (κ2) is 9.81. The summed E-state index contributed by atoms with van der Waals surface area (Å²) in [4.78, 5) is 32.1. The molecule has 0 unspecified atom stereocenters. The number of benzene rings is 3. The molecule has 4 aromatic rings. The first-order valence-corrected chi connectivity index (χ1v) is 11.5. The molecule has 6 heteroatoms. The summed E-state index contributed by atoms with van der Waals surface area (Å²) >= 11 is 0. The molecule has 0 aliphatic carbocycles. The van der Waals surface area contributed by atoms with Gasteiger partial charge < -0.3 is 15.0 Å². The molecule has 0 saturated carbocycles. The van der Waals surface area contributed by atoms with Gasteiger partial charge in [0.05, 0.1) is 13.5 Å². The van der Waals surface area contributed by atoms with Crippen LogP contribution in [0.3, 0.4) is 0 Å². The van der Waals surface area contributed by atoms with E-state index in [1.807, 2.05) is 84.9 Å². The molecular formula is C29H25N3O3. The maximum atomic E-state index is 13.2. The van der Waals surface area contributed by atoms with Gasteiger partial charge in [0, 0.05) is 35.4 Å². The van der Waals surface area contributed by atoms with Crippen molar-refractivity contribution in [2.45, 2.75) is 12.8 Å². The quantitative estimate of drug-likeness (QED) is 0.430. The molecule has 0 bridgehead atoms. The highest BCUT2D eigenvalue weighted by Crippen LogP contribution is 2.32. The van der Waals surface area contributed by atoms with Gasteiger partial charge in [-0.3, -0.25) is 14.6 Å². The van der Waals surface area contributed by atoms with Crippen LogP contribution in [0.1, 0.15) is 21.6 Å². The molecule has 2 amide bonds. The molecule has 1 aliphatic heterocycles. The first-order chi connectivity index (χ1) is 17.1. The normalized spacial score (nSPS) is 12.2. The highest BCUT2D eigenvalue weighted by molar-refractivity contribution is 6.09. The maximum Gasteiger partial charge on any atom is 0.256 e. The smallest absolute Gasteiger partial charge is 0.256 e. The van der Waals surface area contributed by atoms with Crippen molar-refractivity contribution in [1.29, 1.82) is 0 Å². The number of nitrogens with one attached hydrogen (secondary N) is 1. The SMILES string of the molecule is COc1cccc(-c2ccccc2C(=O)Nc2ccc3c(c2)CCN3C(=O)Cc2ccccn2)c1. The molecule has 0 atom stereocenters. The van der Waals surface area contributed by atoms with Gasteiger partial charge in [-0.15, -0.1) is 0 Å². The van der Waals surface area contributed by atoms with Crippen LogP contribution in [-0.4, -0.2) is 30.5 Å². The molecule has 1 N–H and O–H groups in total. The van der Waals surface area contributed by atoms with Crippen LogP contribution in [0.15, 0.2) is 91.1 Å². The Morgan fingerprint density at radius 3 is 2.66 bits per heavy atom. The summed E-state index contributed by atoms with van der Waals surface area (Å²) in [5.41, 5.74) is 5.70. The van der Waals surface area contributed by atoms with Gasteiger partial charge in [-0.1, -0.05) is 36.4 Å². The van der Waals surface area contributed by atoms with Gasteiger partial charge in [0.2, 0.25) is 5.91 Å². The predicted octanol–water partition coefficient (Wildman–Crippen LogP) is 5.14. The molecule has 0 radical (unpaired) electrons. The molecule has 35 heavy (non-hydrogen) atoms. The van der Waals surface area contributed by atoms with Crippen LogP contribution in [-0.2, 0) is 17.6 Å². The number of ether oxygens (including phenoxy) is 1. The highest BCUT2D eigenvalue weighted by atomic mass is 16.5. The summed E-state index contributed by atoms with van der Waals surface area (Å²) in [5, 5.41) is 3.03. The Morgan fingerprint density at radius 1 is 0.971 bits per heavy atom. The molecule has 0 saturated heterocycles. The number of fused-ring (bicyclic) bond motifs is 1. The van der Waals surface area contributed by atoms with Gasteiger partial charge in [0.25, 0.3) is 5.91 Å². The Balaban J connectivity index is 1.34. The van der Waals surface area contributed by atoms with E-state index in [0.717, 1.165) is 40.2 Å². The lowest BCUT2D eigenvalue weighted by Gasteiger charge is -2.17. The third-order valence-electron chi connectivity index (χ3n) is 6.14. The molecule has 3 aromatic carbocycles. The van der Waals surface area contributed by atoms with E-state index in [-0.39, 0.29) is 18.2 Å². The van der Waals surface area contributed by atoms with Crippen molar-refractivity contribution < 1.29 is 14.3 Å². The minimum atomic E-state index is -0.190. The van der Waals surface area contributed by atoms with Crippen LogP contribution in [0.25, 0.3) is 11.1 Å². The lowest BCUT2D eigenvalue weighted by atomic mass is 9.99. The second-order valence-corrected chi connectivity index (χ2v) is 8.37. The Labute approximate surface area is 204 Å².